The molecule has 0 saturated carbocycles. The maximum absolute atomic E-state index is 12.7. The first-order chi connectivity index (χ1) is 12.1. The minimum absolute atomic E-state index is 0.0919. The number of rotatable bonds is 8. The molecule has 0 spiro atoms. The third kappa shape index (κ3) is 6.33. The molecule has 25 heavy (non-hydrogen) atoms. The van der Waals surface area contributed by atoms with Crippen LogP contribution < -0.4 is 0 Å². The quantitative estimate of drug-likeness (QED) is 0.539. The lowest BCUT2D eigenvalue weighted by atomic mass is 10.1. The van der Waals surface area contributed by atoms with E-state index in [-0.39, 0.29) is 13.2 Å². The predicted octanol–water partition coefficient (Wildman–Crippen LogP) is 3.74. The van der Waals surface area contributed by atoms with Gasteiger partial charge in [0.25, 0.3) is 0 Å². The summed E-state index contributed by atoms with van der Waals surface area (Å²) in [4.78, 5) is 24.1. The second-order valence-corrected chi connectivity index (χ2v) is 5.37. The van der Waals surface area contributed by atoms with Crippen LogP contribution in [0, 0.1) is 5.92 Å². The lowest BCUT2D eigenvalue weighted by Crippen LogP contribution is -2.29. The predicted molar refractivity (Wildman–Crippen MR) is 86.6 cm³/mol. The van der Waals surface area contributed by atoms with Gasteiger partial charge >= 0.3 is 11.9 Å². The van der Waals surface area contributed by atoms with Crippen LogP contribution in [0.2, 0.25) is 0 Å². The number of hydrogen-bond acceptors (Lipinski definition) is 4. The van der Waals surface area contributed by atoms with Crippen LogP contribution in [-0.2, 0) is 32.3 Å². The largest absolute Gasteiger partial charge is 0.460 e. The van der Waals surface area contributed by atoms with Crippen molar-refractivity contribution in [2.24, 2.45) is 5.92 Å². The standard InChI is InChI=1S/C19H18F2O4/c20-17(21)11-16(18(22)24-12-14-7-3-1-4-8-14)19(23)25-13-15-9-5-2-6-10-15/h1-10,16-17H,11-13H2. The van der Waals surface area contributed by atoms with E-state index in [9.17, 15) is 18.4 Å². The average Bonchev–Trinajstić information content (AvgIpc) is 2.64. The molecule has 0 aliphatic rings. The van der Waals surface area contributed by atoms with Gasteiger partial charge in [0.1, 0.15) is 13.2 Å². The van der Waals surface area contributed by atoms with Gasteiger partial charge in [-0.05, 0) is 11.1 Å². The minimum Gasteiger partial charge on any atom is -0.460 e. The van der Waals surface area contributed by atoms with Gasteiger partial charge in [0.15, 0.2) is 5.92 Å². The molecule has 0 heterocycles. The van der Waals surface area contributed by atoms with Gasteiger partial charge < -0.3 is 9.47 Å². The average molecular weight is 348 g/mol. The molecule has 0 saturated heterocycles. The maximum atomic E-state index is 12.7. The summed E-state index contributed by atoms with van der Waals surface area (Å²) in [5.41, 5.74) is 1.40. The maximum Gasteiger partial charge on any atom is 0.320 e. The van der Waals surface area contributed by atoms with E-state index in [1.54, 1.807) is 60.7 Å². The first-order valence-electron chi connectivity index (χ1n) is 7.75. The van der Waals surface area contributed by atoms with Gasteiger partial charge in [-0.3, -0.25) is 9.59 Å². The van der Waals surface area contributed by atoms with Crippen LogP contribution in [0.5, 0.6) is 0 Å². The lowest BCUT2D eigenvalue weighted by Gasteiger charge is -2.15. The zero-order chi connectivity index (χ0) is 18.1. The van der Waals surface area contributed by atoms with E-state index in [1.807, 2.05) is 0 Å². The molecular formula is C19H18F2O4. The van der Waals surface area contributed by atoms with Crippen molar-refractivity contribution < 1.29 is 27.8 Å². The highest BCUT2D eigenvalue weighted by atomic mass is 19.3. The highest BCUT2D eigenvalue weighted by molar-refractivity contribution is 5.94. The topological polar surface area (TPSA) is 52.6 Å². The summed E-state index contributed by atoms with van der Waals surface area (Å²) in [5, 5.41) is 0. The van der Waals surface area contributed by atoms with Crippen molar-refractivity contribution in [3.05, 3.63) is 71.8 Å². The second-order valence-electron chi connectivity index (χ2n) is 5.37. The fourth-order valence-electron chi connectivity index (χ4n) is 2.13. The van der Waals surface area contributed by atoms with Crippen molar-refractivity contribution in [1.29, 1.82) is 0 Å². The summed E-state index contributed by atoms with van der Waals surface area (Å²) in [6, 6.07) is 17.5. The fraction of sp³-hybridized carbons (Fsp3) is 0.263. The number of carbonyl (C=O) groups excluding carboxylic acids is 2. The number of ether oxygens (including phenoxy) is 2. The van der Waals surface area contributed by atoms with E-state index >= 15 is 0 Å². The van der Waals surface area contributed by atoms with Crippen LogP contribution in [0.1, 0.15) is 17.5 Å². The fourth-order valence-corrected chi connectivity index (χ4v) is 2.13. The van der Waals surface area contributed by atoms with E-state index in [0.717, 1.165) is 0 Å². The molecule has 0 aliphatic carbocycles. The van der Waals surface area contributed by atoms with Crippen LogP contribution in [0.15, 0.2) is 60.7 Å². The van der Waals surface area contributed by atoms with Crippen LogP contribution >= 0.6 is 0 Å². The van der Waals surface area contributed by atoms with Crippen molar-refractivity contribution in [1.82, 2.24) is 0 Å². The van der Waals surface area contributed by atoms with Crippen molar-refractivity contribution in [3.8, 4) is 0 Å². The van der Waals surface area contributed by atoms with Crippen LogP contribution in [0.3, 0.4) is 0 Å². The molecular weight excluding hydrogens is 330 g/mol. The molecule has 0 aromatic heterocycles. The Morgan fingerprint density at radius 3 is 1.52 bits per heavy atom. The molecule has 0 fully saturated rings. The Morgan fingerprint density at radius 2 is 1.16 bits per heavy atom. The SMILES string of the molecule is O=C(OCc1ccccc1)C(CC(F)F)C(=O)OCc1ccccc1. The molecule has 6 heteroatoms. The third-order valence-electron chi connectivity index (χ3n) is 3.43. The highest BCUT2D eigenvalue weighted by Gasteiger charge is 2.33. The Bertz CT molecular complexity index is 619. The number of hydrogen-bond donors (Lipinski definition) is 0. The molecule has 0 atom stereocenters. The van der Waals surface area contributed by atoms with Gasteiger partial charge in [-0.15, -0.1) is 0 Å². The summed E-state index contributed by atoms with van der Waals surface area (Å²) in [7, 11) is 0. The van der Waals surface area contributed by atoms with Crippen molar-refractivity contribution >= 4 is 11.9 Å². The summed E-state index contributed by atoms with van der Waals surface area (Å²) in [6.45, 7) is -0.184. The smallest absolute Gasteiger partial charge is 0.320 e. The van der Waals surface area contributed by atoms with Crippen LogP contribution in [-0.4, -0.2) is 18.4 Å². The molecule has 0 aliphatic heterocycles. The Balaban J connectivity index is 1.93. The van der Waals surface area contributed by atoms with Gasteiger partial charge in [-0.1, -0.05) is 60.7 Å². The van der Waals surface area contributed by atoms with E-state index in [1.165, 1.54) is 0 Å². The van der Waals surface area contributed by atoms with Gasteiger partial charge in [0.2, 0.25) is 6.43 Å². The zero-order valence-electron chi connectivity index (χ0n) is 13.4. The molecule has 0 amide bonds. The normalized spacial score (nSPS) is 10.7. The minimum atomic E-state index is -2.82. The van der Waals surface area contributed by atoms with E-state index in [4.69, 9.17) is 9.47 Å². The summed E-state index contributed by atoms with van der Waals surface area (Å²) < 4.78 is 35.4. The third-order valence-corrected chi connectivity index (χ3v) is 3.43. The Labute approximate surface area is 144 Å². The molecule has 2 aromatic carbocycles. The Hall–Kier alpha value is -2.76. The number of halogens is 2. The van der Waals surface area contributed by atoms with E-state index < -0.39 is 30.7 Å². The first kappa shape index (κ1) is 18.6. The first-order valence-corrected chi connectivity index (χ1v) is 7.75. The van der Waals surface area contributed by atoms with Crippen LogP contribution in [0.4, 0.5) is 8.78 Å². The van der Waals surface area contributed by atoms with E-state index in [2.05, 4.69) is 0 Å². The molecule has 2 aromatic rings. The van der Waals surface area contributed by atoms with Crippen molar-refractivity contribution in [2.75, 3.05) is 0 Å². The number of carbonyl (C=O) groups is 2. The molecule has 0 bridgehead atoms. The molecule has 0 N–H and O–H groups in total. The zero-order valence-corrected chi connectivity index (χ0v) is 13.4. The number of alkyl halides is 2. The Kier molecular flexibility index (Phi) is 7.07. The van der Waals surface area contributed by atoms with Gasteiger partial charge in [0.05, 0.1) is 0 Å². The summed E-state index contributed by atoms with van der Waals surface area (Å²) >= 11 is 0. The van der Waals surface area contributed by atoms with Crippen LogP contribution in [0.25, 0.3) is 0 Å². The van der Waals surface area contributed by atoms with Gasteiger partial charge in [0, 0.05) is 6.42 Å². The molecule has 4 nitrogen and oxygen atoms in total. The van der Waals surface area contributed by atoms with Gasteiger partial charge in [-0.25, -0.2) is 8.78 Å². The highest BCUT2D eigenvalue weighted by Crippen LogP contribution is 2.17. The lowest BCUT2D eigenvalue weighted by molar-refractivity contribution is -0.165. The summed E-state index contributed by atoms with van der Waals surface area (Å²) in [6.07, 6.45) is -3.75. The number of benzene rings is 2. The van der Waals surface area contributed by atoms with Crippen molar-refractivity contribution in [3.63, 3.8) is 0 Å². The van der Waals surface area contributed by atoms with Crippen molar-refractivity contribution in [2.45, 2.75) is 26.1 Å². The summed E-state index contributed by atoms with van der Waals surface area (Å²) in [5.74, 6) is -3.67. The molecule has 0 unspecified atom stereocenters. The molecule has 2 rings (SSSR count). The second kappa shape index (κ2) is 9.52. The number of esters is 2. The van der Waals surface area contributed by atoms with E-state index in [0.29, 0.717) is 11.1 Å². The molecule has 0 radical (unpaired) electrons. The molecule has 132 valence electrons. The monoisotopic (exact) mass is 348 g/mol. The Morgan fingerprint density at radius 1 is 0.760 bits per heavy atom. The van der Waals surface area contributed by atoms with Gasteiger partial charge in [-0.2, -0.15) is 0 Å².